The van der Waals surface area contributed by atoms with E-state index >= 15 is 0 Å². The van der Waals surface area contributed by atoms with Gasteiger partial charge in [0.15, 0.2) is 0 Å². The number of piperazine rings is 1. The van der Waals surface area contributed by atoms with Crippen LogP contribution in [-0.4, -0.2) is 61.4 Å². The minimum absolute atomic E-state index is 0. The number of nitrogens with zero attached hydrogens (tertiary/aromatic N) is 2. The van der Waals surface area contributed by atoms with Crippen LogP contribution in [0, 0.1) is 6.92 Å². The van der Waals surface area contributed by atoms with Crippen LogP contribution in [0.25, 0.3) is 0 Å². The molecule has 0 aromatic heterocycles. The van der Waals surface area contributed by atoms with Crippen LogP contribution < -0.4 is 11.1 Å². The highest BCUT2D eigenvalue weighted by Gasteiger charge is 2.20. The first-order chi connectivity index (χ1) is 11.0. The first-order valence-corrected chi connectivity index (χ1v) is 8.03. The monoisotopic (exact) mass is 390 g/mol. The van der Waals surface area contributed by atoms with Gasteiger partial charge in [-0.1, -0.05) is 29.8 Å². The average molecular weight is 391 g/mol. The molecule has 0 aliphatic carbocycles. The Kier molecular flexibility index (Phi) is 10.7. The van der Waals surface area contributed by atoms with Crippen molar-refractivity contribution in [1.29, 1.82) is 0 Å². The molecule has 6 nitrogen and oxygen atoms in total. The summed E-state index contributed by atoms with van der Waals surface area (Å²) in [5.74, 6) is -0.165. The van der Waals surface area contributed by atoms with Gasteiger partial charge in [-0.3, -0.25) is 9.59 Å². The third-order valence-electron chi connectivity index (χ3n) is 4.21. The predicted octanol–water partition coefficient (Wildman–Crippen LogP) is 1.12. The molecule has 1 heterocycles. The zero-order valence-corrected chi connectivity index (χ0v) is 16.4. The van der Waals surface area contributed by atoms with E-state index in [2.05, 4.69) is 17.3 Å². The first kappa shape index (κ1) is 23.7. The molecule has 0 radical (unpaired) electrons. The quantitative estimate of drug-likeness (QED) is 0.789. The summed E-state index contributed by atoms with van der Waals surface area (Å²) in [5.41, 5.74) is 7.85. The second-order valence-electron chi connectivity index (χ2n) is 6.11. The molecule has 1 fully saturated rings. The summed E-state index contributed by atoms with van der Waals surface area (Å²) in [4.78, 5) is 28.2. The lowest BCUT2D eigenvalue weighted by Crippen LogP contribution is -2.47. The molecule has 1 saturated heterocycles. The zero-order chi connectivity index (χ0) is 16.8. The molecular formula is C17H28Cl2N4O2. The van der Waals surface area contributed by atoms with Gasteiger partial charge < -0.3 is 20.9 Å². The number of rotatable bonds is 5. The molecule has 1 aromatic carbocycles. The van der Waals surface area contributed by atoms with Gasteiger partial charge in [0.2, 0.25) is 11.8 Å². The Morgan fingerprint density at radius 3 is 2.24 bits per heavy atom. The lowest BCUT2D eigenvalue weighted by Gasteiger charge is -2.32. The number of amides is 2. The summed E-state index contributed by atoms with van der Waals surface area (Å²) in [6, 6.07) is 6.87. The predicted molar refractivity (Wildman–Crippen MR) is 104 cm³/mol. The van der Waals surface area contributed by atoms with Crippen molar-refractivity contribution in [2.24, 2.45) is 5.73 Å². The minimum Gasteiger partial charge on any atom is -0.354 e. The van der Waals surface area contributed by atoms with Gasteiger partial charge >= 0.3 is 0 Å². The van der Waals surface area contributed by atoms with E-state index in [1.165, 1.54) is 0 Å². The lowest BCUT2D eigenvalue weighted by atomic mass is 10.1. The van der Waals surface area contributed by atoms with E-state index in [9.17, 15) is 9.59 Å². The Morgan fingerprint density at radius 1 is 1.12 bits per heavy atom. The summed E-state index contributed by atoms with van der Waals surface area (Å²) < 4.78 is 0. The average Bonchev–Trinajstić information content (AvgIpc) is 2.55. The smallest absolute Gasteiger partial charge is 0.241 e. The summed E-state index contributed by atoms with van der Waals surface area (Å²) in [6.07, 6.45) is 0.316. The van der Waals surface area contributed by atoms with Crippen molar-refractivity contribution in [3.63, 3.8) is 0 Å². The highest BCUT2D eigenvalue weighted by Crippen LogP contribution is 2.11. The standard InChI is InChI=1S/C17H26N4O2.2ClH/c1-13-3-5-14(6-4-13)16(18)17(23)19-8-7-15(22)21-11-9-20(2)10-12-21;;/h3-6,16H,7-12,18H2,1-2H3,(H,19,23);2*1H. The van der Waals surface area contributed by atoms with Gasteiger partial charge in [0.25, 0.3) is 0 Å². The van der Waals surface area contributed by atoms with Crippen molar-refractivity contribution in [3.05, 3.63) is 35.4 Å². The fourth-order valence-electron chi connectivity index (χ4n) is 2.54. The second kappa shape index (κ2) is 11.3. The number of halogens is 2. The Labute approximate surface area is 161 Å². The van der Waals surface area contributed by atoms with Crippen LogP contribution in [0.3, 0.4) is 0 Å². The molecule has 0 saturated carbocycles. The number of benzene rings is 1. The fraction of sp³-hybridized carbons (Fsp3) is 0.529. The van der Waals surface area contributed by atoms with E-state index in [1.54, 1.807) is 0 Å². The largest absolute Gasteiger partial charge is 0.354 e. The van der Waals surface area contributed by atoms with Crippen LogP contribution >= 0.6 is 24.8 Å². The van der Waals surface area contributed by atoms with Crippen molar-refractivity contribution < 1.29 is 9.59 Å². The molecule has 1 aliphatic rings. The van der Waals surface area contributed by atoms with Crippen molar-refractivity contribution in [3.8, 4) is 0 Å². The van der Waals surface area contributed by atoms with E-state index in [-0.39, 0.29) is 36.6 Å². The second-order valence-corrected chi connectivity index (χ2v) is 6.11. The third kappa shape index (κ3) is 7.20. The summed E-state index contributed by atoms with van der Waals surface area (Å²) >= 11 is 0. The third-order valence-corrected chi connectivity index (χ3v) is 4.21. The topological polar surface area (TPSA) is 78.7 Å². The molecule has 25 heavy (non-hydrogen) atoms. The fourth-order valence-corrected chi connectivity index (χ4v) is 2.54. The SMILES string of the molecule is Cc1ccc(C(N)C(=O)NCCC(=O)N2CCN(C)CC2)cc1.Cl.Cl. The van der Waals surface area contributed by atoms with Gasteiger partial charge in [0, 0.05) is 39.1 Å². The number of nitrogens with two attached hydrogens (primary N) is 1. The molecule has 3 N–H and O–H groups in total. The molecule has 142 valence electrons. The normalized spacial score (nSPS) is 15.6. The number of hydrogen-bond donors (Lipinski definition) is 2. The maximum atomic E-state index is 12.1. The van der Waals surface area contributed by atoms with E-state index in [0.717, 1.165) is 37.3 Å². The molecule has 8 heteroatoms. The number of carbonyl (C=O) groups excluding carboxylic acids is 2. The van der Waals surface area contributed by atoms with E-state index < -0.39 is 6.04 Å². The Balaban J connectivity index is 0.00000288. The van der Waals surface area contributed by atoms with E-state index in [1.807, 2.05) is 36.1 Å². The van der Waals surface area contributed by atoms with Crippen molar-refractivity contribution in [2.45, 2.75) is 19.4 Å². The van der Waals surface area contributed by atoms with Gasteiger partial charge in [0.05, 0.1) is 0 Å². The molecule has 2 rings (SSSR count). The van der Waals surface area contributed by atoms with Crippen LogP contribution in [0.5, 0.6) is 0 Å². The van der Waals surface area contributed by atoms with Crippen LogP contribution in [0.1, 0.15) is 23.6 Å². The molecule has 1 atom stereocenters. The van der Waals surface area contributed by atoms with Crippen LogP contribution in [-0.2, 0) is 9.59 Å². The van der Waals surface area contributed by atoms with Crippen LogP contribution in [0.15, 0.2) is 24.3 Å². The highest BCUT2D eigenvalue weighted by molar-refractivity contribution is 5.85. The van der Waals surface area contributed by atoms with Crippen LogP contribution in [0.2, 0.25) is 0 Å². The molecule has 1 unspecified atom stereocenters. The molecule has 1 aliphatic heterocycles. The molecular weight excluding hydrogens is 363 g/mol. The Bertz CT molecular complexity index is 546. The van der Waals surface area contributed by atoms with Crippen LogP contribution in [0.4, 0.5) is 0 Å². The maximum absolute atomic E-state index is 12.1. The van der Waals surface area contributed by atoms with Gasteiger partial charge in [-0.2, -0.15) is 0 Å². The number of carbonyl (C=O) groups is 2. The Morgan fingerprint density at radius 2 is 1.68 bits per heavy atom. The summed E-state index contributed by atoms with van der Waals surface area (Å²) in [5, 5.41) is 2.75. The highest BCUT2D eigenvalue weighted by atomic mass is 35.5. The molecule has 0 spiro atoms. The van der Waals surface area contributed by atoms with Gasteiger partial charge in [-0.15, -0.1) is 24.8 Å². The van der Waals surface area contributed by atoms with Gasteiger partial charge in [0.1, 0.15) is 6.04 Å². The summed E-state index contributed by atoms with van der Waals surface area (Å²) in [6.45, 7) is 5.62. The summed E-state index contributed by atoms with van der Waals surface area (Å²) in [7, 11) is 2.05. The molecule has 2 amide bonds. The maximum Gasteiger partial charge on any atom is 0.241 e. The first-order valence-electron chi connectivity index (χ1n) is 8.03. The number of likely N-dealkylation sites (N-methyl/N-ethyl adjacent to an activating group) is 1. The molecule has 1 aromatic rings. The van der Waals surface area contributed by atoms with Crippen molar-refractivity contribution >= 4 is 36.6 Å². The van der Waals surface area contributed by atoms with Gasteiger partial charge in [-0.05, 0) is 19.5 Å². The Hall–Kier alpha value is -1.34. The van der Waals surface area contributed by atoms with E-state index in [4.69, 9.17) is 5.73 Å². The number of aryl methyl sites for hydroxylation is 1. The number of nitrogens with one attached hydrogen (secondary N) is 1. The van der Waals surface area contributed by atoms with E-state index in [0.29, 0.717) is 13.0 Å². The van der Waals surface area contributed by atoms with Gasteiger partial charge in [-0.25, -0.2) is 0 Å². The molecule has 0 bridgehead atoms. The van der Waals surface area contributed by atoms with Crippen molar-refractivity contribution in [1.82, 2.24) is 15.1 Å². The number of hydrogen-bond acceptors (Lipinski definition) is 4. The lowest BCUT2D eigenvalue weighted by molar-refractivity contribution is -0.132. The van der Waals surface area contributed by atoms with Crippen molar-refractivity contribution in [2.75, 3.05) is 39.8 Å². The minimum atomic E-state index is -0.700. The zero-order valence-electron chi connectivity index (χ0n) is 14.7.